The molecule has 0 atom stereocenters. The summed E-state index contributed by atoms with van der Waals surface area (Å²) in [6.07, 6.45) is 0.587. The summed E-state index contributed by atoms with van der Waals surface area (Å²) in [5, 5.41) is 11.7. The number of nitrogens with one attached hydrogen (secondary N) is 1. The number of hydrogen-bond acceptors (Lipinski definition) is 3. The number of likely N-dealkylation sites (N-methyl/N-ethyl adjacent to an activating group) is 1. The monoisotopic (exact) mass is 178 g/mol. The Morgan fingerprint density at radius 1 is 1.33 bits per heavy atom. The highest BCUT2D eigenvalue weighted by atomic mass is 19.1. The van der Waals surface area contributed by atoms with Crippen LogP contribution in [0, 0.1) is 0 Å². The van der Waals surface area contributed by atoms with E-state index in [2.05, 4.69) is 5.32 Å². The molecule has 12 heavy (non-hydrogen) atoms. The van der Waals surface area contributed by atoms with Crippen LogP contribution in [0.4, 0.5) is 4.39 Å². The van der Waals surface area contributed by atoms with E-state index < -0.39 is 0 Å². The maximum absolute atomic E-state index is 11.6. The summed E-state index contributed by atoms with van der Waals surface area (Å²) in [6.45, 7) is 3.14. The summed E-state index contributed by atoms with van der Waals surface area (Å²) in [5.74, 6) is 0. The van der Waals surface area contributed by atoms with Crippen LogP contribution in [-0.2, 0) is 0 Å². The first-order valence-electron chi connectivity index (χ1n) is 4.37. The first kappa shape index (κ1) is 11.8. The van der Waals surface area contributed by atoms with Crippen molar-refractivity contribution in [2.24, 2.45) is 0 Å². The minimum Gasteiger partial charge on any atom is -0.395 e. The lowest BCUT2D eigenvalue weighted by atomic mass is 10.4. The van der Waals surface area contributed by atoms with Gasteiger partial charge in [-0.05, 0) is 20.0 Å². The molecule has 0 heterocycles. The first-order valence-corrected chi connectivity index (χ1v) is 4.37. The Morgan fingerprint density at radius 3 is 2.67 bits per heavy atom. The van der Waals surface area contributed by atoms with Crippen molar-refractivity contribution < 1.29 is 9.50 Å². The van der Waals surface area contributed by atoms with E-state index in [1.54, 1.807) is 0 Å². The van der Waals surface area contributed by atoms with Gasteiger partial charge in [0.1, 0.15) is 0 Å². The third-order valence-electron chi connectivity index (χ3n) is 1.64. The molecule has 0 aliphatic heterocycles. The number of rotatable bonds is 8. The Labute approximate surface area is 73.6 Å². The van der Waals surface area contributed by atoms with Crippen molar-refractivity contribution in [1.29, 1.82) is 0 Å². The number of halogens is 1. The zero-order valence-electron chi connectivity index (χ0n) is 7.72. The molecule has 0 saturated carbocycles. The lowest BCUT2D eigenvalue weighted by Crippen LogP contribution is -2.31. The third kappa shape index (κ3) is 7.91. The number of aliphatic hydroxyl groups excluding tert-OH is 1. The Hall–Kier alpha value is -0.190. The zero-order valence-corrected chi connectivity index (χ0v) is 7.72. The Balaban J connectivity index is 2.97. The lowest BCUT2D eigenvalue weighted by molar-refractivity contribution is 0.221. The van der Waals surface area contributed by atoms with Gasteiger partial charge in [0.25, 0.3) is 0 Å². The van der Waals surface area contributed by atoms with Gasteiger partial charge in [-0.2, -0.15) is 0 Å². The van der Waals surface area contributed by atoms with Gasteiger partial charge in [-0.1, -0.05) is 0 Å². The largest absolute Gasteiger partial charge is 0.395 e. The zero-order chi connectivity index (χ0) is 9.23. The molecule has 0 aromatic heterocycles. The Kier molecular flexibility index (Phi) is 8.76. The summed E-state index contributed by atoms with van der Waals surface area (Å²) in [6, 6.07) is 0. The van der Waals surface area contributed by atoms with E-state index in [0.717, 1.165) is 19.6 Å². The fourth-order valence-electron chi connectivity index (χ4n) is 0.869. The van der Waals surface area contributed by atoms with Gasteiger partial charge >= 0.3 is 0 Å². The van der Waals surface area contributed by atoms with Crippen molar-refractivity contribution in [3.8, 4) is 0 Å². The van der Waals surface area contributed by atoms with Crippen LogP contribution < -0.4 is 5.32 Å². The van der Waals surface area contributed by atoms with Gasteiger partial charge in [0.05, 0.1) is 13.3 Å². The second-order valence-electron chi connectivity index (χ2n) is 2.82. The molecule has 3 nitrogen and oxygen atoms in total. The molecule has 0 fully saturated rings. The molecule has 0 radical (unpaired) electrons. The van der Waals surface area contributed by atoms with Crippen molar-refractivity contribution in [2.45, 2.75) is 6.42 Å². The van der Waals surface area contributed by atoms with Crippen LogP contribution >= 0.6 is 0 Å². The summed E-state index contributed by atoms with van der Waals surface area (Å²) in [7, 11) is 1.95. The molecule has 0 bridgehead atoms. The van der Waals surface area contributed by atoms with Crippen molar-refractivity contribution in [3.63, 3.8) is 0 Å². The second-order valence-corrected chi connectivity index (χ2v) is 2.82. The third-order valence-corrected chi connectivity index (χ3v) is 1.64. The molecule has 0 rings (SSSR count). The van der Waals surface area contributed by atoms with Gasteiger partial charge in [0.2, 0.25) is 0 Å². The molecule has 0 unspecified atom stereocenters. The van der Waals surface area contributed by atoms with E-state index in [1.165, 1.54) is 0 Å². The van der Waals surface area contributed by atoms with Gasteiger partial charge in [0.15, 0.2) is 0 Å². The number of aliphatic hydroxyl groups is 1. The molecule has 0 spiro atoms. The normalized spacial score (nSPS) is 11.0. The molecule has 0 aromatic carbocycles. The summed E-state index contributed by atoms with van der Waals surface area (Å²) in [4.78, 5) is 2.03. The van der Waals surface area contributed by atoms with Crippen LogP contribution in [0.15, 0.2) is 0 Å². The summed E-state index contributed by atoms with van der Waals surface area (Å²) in [5.41, 5.74) is 0. The topological polar surface area (TPSA) is 35.5 Å². The predicted octanol–water partition coefficient (Wildman–Crippen LogP) is -0.140. The van der Waals surface area contributed by atoms with E-state index in [9.17, 15) is 4.39 Å². The van der Waals surface area contributed by atoms with E-state index >= 15 is 0 Å². The van der Waals surface area contributed by atoms with E-state index in [4.69, 9.17) is 5.11 Å². The van der Waals surface area contributed by atoms with E-state index in [0.29, 0.717) is 13.0 Å². The highest BCUT2D eigenvalue weighted by Gasteiger charge is 1.94. The SMILES string of the molecule is CN(CCO)CCNCCCF. The van der Waals surface area contributed by atoms with Crippen LogP contribution in [0.5, 0.6) is 0 Å². The predicted molar refractivity (Wildman–Crippen MR) is 48.0 cm³/mol. The lowest BCUT2D eigenvalue weighted by Gasteiger charge is -2.14. The Bertz CT molecular complexity index is 93.1. The van der Waals surface area contributed by atoms with Crippen molar-refractivity contribution in [3.05, 3.63) is 0 Å². The van der Waals surface area contributed by atoms with E-state index in [1.807, 2.05) is 11.9 Å². The van der Waals surface area contributed by atoms with Crippen LogP contribution in [0.2, 0.25) is 0 Å². The smallest absolute Gasteiger partial charge is 0.0906 e. The molecule has 2 N–H and O–H groups in total. The summed E-state index contributed by atoms with van der Waals surface area (Å²) < 4.78 is 11.6. The highest BCUT2D eigenvalue weighted by Crippen LogP contribution is 1.80. The molecule has 0 amide bonds. The van der Waals surface area contributed by atoms with Gasteiger partial charge in [-0.3, -0.25) is 4.39 Å². The number of nitrogens with zero attached hydrogens (tertiary/aromatic N) is 1. The first-order chi connectivity index (χ1) is 5.81. The average molecular weight is 178 g/mol. The van der Waals surface area contributed by atoms with Gasteiger partial charge in [0, 0.05) is 19.6 Å². The van der Waals surface area contributed by atoms with Gasteiger partial charge in [-0.25, -0.2) is 0 Å². The Morgan fingerprint density at radius 2 is 2.08 bits per heavy atom. The molecule has 4 heteroatoms. The quantitative estimate of drug-likeness (QED) is 0.508. The van der Waals surface area contributed by atoms with Crippen LogP contribution in [0.25, 0.3) is 0 Å². The highest BCUT2D eigenvalue weighted by molar-refractivity contribution is 4.53. The van der Waals surface area contributed by atoms with Crippen LogP contribution in [0.3, 0.4) is 0 Å². The maximum atomic E-state index is 11.6. The summed E-state index contributed by atoms with van der Waals surface area (Å²) >= 11 is 0. The molecular weight excluding hydrogens is 159 g/mol. The molecule has 0 aliphatic rings. The van der Waals surface area contributed by atoms with Gasteiger partial charge in [-0.15, -0.1) is 0 Å². The van der Waals surface area contributed by atoms with E-state index in [-0.39, 0.29) is 13.3 Å². The molecular formula is C8H19FN2O. The van der Waals surface area contributed by atoms with Crippen molar-refractivity contribution >= 4 is 0 Å². The van der Waals surface area contributed by atoms with Crippen LogP contribution in [0.1, 0.15) is 6.42 Å². The maximum Gasteiger partial charge on any atom is 0.0906 e. The van der Waals surface area contributed by atoms with Crippen LogP contribution in [-0.4, -0.2) is 56.5 Å². The van der Waals surface area contributed by atoms with Crippen molar-refractivity contribution in [1.82, 2.24) is 10.2 Å². The second kappa shape index (κ2) is 8.90. The fourth-order valence-corrected chi connectivity index (χ4v) is 0.869. The van der Waals surface area contributed by atoms with Crippen molar-refractivity contribution in [2.75, 3.05) is 46.5 Å². The molecule has 74 valence electrons. The molecule has 0 aliphatic carbocycles. The average Bonchev–Trinajstić information content (AvgIpc) is 2.05. The fraction of sp³-hybridized carbons (Fsp3) is 1.00. The standard InChI is InChI=1S/C8H19FN2O/c1-11(7-8-12)6-5-10-4-2-3-9/h10,12H,2-8H2,1H3. The van der Waals surface area contributed by atoms with Gasteiger partial charge < -0.3 is 15.3 Å². The molecule has 0 saturated heterocycles. The number of hydrogen-bond donors (Lipinski definition) is 2. The minimum absolute atomic E-state index is 0.195. The molecule has 0 aromatic rings. The number of alkyl halides is 1. The minimum atomic E-state index is -0.251.